The number of carbonyl (C=O) groups is 1. The number of hydrogen-bond acceptors (Lipinski definition) is 4. The van der Waals surface area contributed by atoms with Gasteiger partial charge in [0, 0.05) is 25.4 Å². The molecule has 1 aliphatic heterocycles. The van der Waals surface area contributed by atoms with Crippen molar-refractivity contribution < 1.29 is 9.53 Å². The van der Waals surface area contributed by atoms with Crippen molar-refractivity contribution in [3.8, 4) is 0 Å². The zero-order chi connectivity index (χ0) is 16.5. The Bertz CT molecular complexity index is 531. The molecule has 0 aliphatic carbocycles. The maximum absolute atomic E-state index is 11.6. The summed E-state index contributed by atoms with van der Waals surface area (Å²) in [5.41, 5.74) is 1.67. The van der Waals surface area contributed by atoms with E-state index in [1.165, 1.54) is 18.6 Å². The molecule has 1 atom stereocenters. The third-order valence-corrected chi connectivity index (χ3v) is 5.07. The van der Waals surface area contributed by atoms with Crippen LogP contribution in [0.4, 0.5) is 0 Å². The molecule has 0 amide bonds. The van der Waals surface area contributed by atoms with E-state index in [-0.39, 0.29) is 29.9 Å². The highest BCUT2D eigenvalue weighted by Crippen LogP contribution is 2.25. The highest BCUT2D eigenvalue weighted by molar-refractivity contribution is 14.0. The Labute approximate surface area is 165 Å². The number of guanidine groups is 1. The Balaban J connectivity index is 0.00000288. The maximum Gasteiger partial charge on any atom is 0.338 e. The average Bonchev–Trinajstić information content (AvgIpc) is 3.09. The molecule has 1 heterocycles. The zero-order valence-corrected chi connectivity index (χ0v) is 17.4. The van der Waals surface area contributed by atoms with Crippen LogP contribution < -0.4 is 10.6 Å². The van der Waals surface area contributed by atoms with E-state index in [0.717, 1.165) is 18.1 Å². The molecule has 1 unspecified atom stereocenters. The molecule has 7 heteroatoms. The monoisotopic (exact) mass is 463 g/mol. The number of halogens is 1. The molecule has 0 spiro atoms. The van der Waals surface area contributed by atoms with Gasteiger partial charge in [0.05, 0.1) is 12.2 Å². The highest BCUT2D eigenvalue weighted by Gasteiger charge is 2.15. The molecule has 0 saturated carbocycles. The Morgan fingerprint density at radius 2 is 2.08 bits per heavy atom. The molecular formula is C17H26IN3O2S. The van der Waals surface area contributed by atoms with Crippen LogP contribution in [0.5, 0.6) is 0 Å². The molecule has 0 radical (unpaired) electrons. The number of benzene rings is 1. The van der Waals surface area contributed by atoms with Crippen LogP contribution in [0.3, 0.4) is 0 Å². The van der Waals surface area contributed by atoms with Crippen molar-refractivity contribution in [3.63, 3.8) is 0 Å². The van der Waals surface area contributed by atoms with E-state index in [1.54, 1.807) is 26.1 Å². The molecule has 1 aromatic rings. The lowest BCUT2D eigenvalue weighted by molar-refractivity contribution is 0.0526. The van der Waals surface area contributed by atoms with E-state index >= 15 is 0 Å². The number of carbonyl (C=O) groups excluding carboxylic acids is 1. The van der Waals surface area contributed by atoms with Crippen molar-refractivity contribution in [2.24, 2.45) is 4.99 Å². The summed E-state index contributed by atoms with van der Waals surface area (Å²) in [7, 11) is 1.78. The number of nitrogens with one attached hydrogen (secondary N) is 2. The van der Waals surface area contributed by atoms with Crippen molar-refractivity contribution in [1.29, 1.82) is 0 Å². The molecule has 134 valence electrons. The summed E-state index contributed by atoms with van der Waals surface area (Å²) < 4.78 is 4.98. The zero-order valence-electron chi connectivity index (χ0n) is 14.2. The van der Waals surface area contributed by atoms with Gasteiger partial charge < -0.3 is 15.4 Å². The minimum absolute atomic E-state index is 0. The second-order valence-electron chi connectivity index (χ2n) is 5.36. The quantitative estimate of drug-likeness (QED) is 0.294. The number of esters is 1. The maximum atomic E-state index is 11.6. The topological polar surface area (TPSA) is 62.7 Å². The minimum Gasteiger partial charge on any atom is -0.462 e. The third kappa shape index (κ3) is 6.88. The van der Waals surface area contributed by atoms with Gasteiger partial charge in [-0.15, -0.1) is 24.0 Å². The summed E-state index contributed by atoms with van der Waals surface area (Å²) in [5, 5.41) is 7.36. The van der Waals surface area contributed by atoms with Gasteiger partial charge in [-0.25, -0.2) is 4.79 Å². The first-order chi connectivity index (χ1) is 11.2. The number of ether oxygens (including phenoxy) is 1. The summed E-state index contributed by atoms with van der Waals surface area (Å²) >= 11 is 2.03. The Morgan fingerprint density at radius 1 is 1.33 bits per heavy atom. The van der Waals surface area contributed by atoms with Crippen LogP contribution in [0, 0.1) is 0 Å². The van der Waals surface area contributed by atoms with Crippen molar-refractivity contribution in [1.82, 2.24) is 10.6 Å². The van der Waals surface area contributed by atoms with Gasteiger partial charge in [0.1, 0.15) is 0 Å². The normalized spacial score (nSPS) is 17.1. The van der Waals surface area contributed by atoms with Gasteiger partial charge in [-0.2, -0.15) is 11.8 Å². The molecule has 0 bridgehead atoms. The lowest BCUT2D eigenvalue weighted by atomic mass is 10.1. The van der Waals surface area contributed by atoms with Crippen molar-refractivity contribution >= 4 is 47.7 Å². The van der Waals surface area contributed by atoms with Crippen molar-refractivity contribution in [2.45, 2.75) is 31.6 Å². The lowest BCUT2D eigenvalue weighted by Crippen LogP contribution is -2.39. The Hall–Kier alpha value is -0.960. The summed E-state index contributed by atoms with van der Waals surface area (Å²) in [6.07, 6.45) is 2.60. The van der Waals surface area contributed by atoms with Gasteiger partial charge in [0.15, 0.2) is 5.96 Å². The molecule has 1 aromatic carbocycles. The van der Waals surface area contributed by atoms with Gasteiger partial charge in [-0.3, -0.25) is 4.99 Å². The second-order valence-corrected chi connectivity index (χ2v) is 6.77. The number of rotatable bonds is 6. The van der Waals surface area contributed by atoms with Crippen LogP contribution in [-0.2, 0) is 11.3 Å². The van der Waals surface area contributed by atoms with E-state index in [4.69, 9.17) is 4.74 Å². The van der Waals surface area contributed by atoms with Crippen LogP contribution in [0.2, 0.25) is 0 Å². The molecule has 24 heavy (non-hydrogen) atoms. The van der Waals surface area contributed by atoms with E-state index in [1.807, 2.05) is 23.9 Å². The number of aliphatic imine (C=N–C) groups is 1. The molecule has 2 N–H and O–H groups in total. The van der Waals surface area contributed by atoms with E-state index in [9.17, 15) is 4.79 Å². The smallest absolute Gasteiger partial charge is 0.338 e. The molecule has 0 aromatic heterocycles. The molecule has 1 aliphatic rings. The highest BCUT2D eigenvalue weighted by atomic mass is 127. The van der Waals surface area contributed by atoms with E-state index in [2.05, 4.69) is 15.6 Å². The third-order valence-electron chi connectivity index (χ3n) is 3.67. The fraction of sp³-hybridized carbons (Fsp3) is 0.529. The van der Waals surface area contributed by atoms with Gasteiger partial charge in [0.2, 0.25) is 0 Å². The minimum atomic E-state index is -0.279. The summed E-state index contributed by atoms with van der Waals surface area (Å²) in [6.45, 7) is 3.81. The fourth-order valence-electron chi connectivity index (χ4n) is 2.40. The average molecular weight is 463 g/mol. The molecule has 5 nitrogen and oxygen atoms in total. The van der Waals surface area contributed by atoms with Crippen LogP contribution in [0.1, 0.15) is 35.7 Å². The number of thioether (sulfide) groups is 1. The Kier molecular flexibility index (Phi) is 10.2. The first-order valence-corrected chi connectivity index (χ1v) is 9.10. The number of nitrogens with zero attached hydrogens (tertiary/aromatic N) is 1. The van der Waals surface area contributed by atoms with Crippen molar-refractivity contribution in [2.75, 3.05) is 26.0 Å². The summed E-state index contributed by atoms with van der Waals surface area (Å²) in [5.74, 6) is 1.80. The summed E-state index contributed by atoms with van der Waals surface area (Å²) in [4.78, 5) is 15.9. The largest absolute Gasteiger partial charge is 0.462 e. The molecule has 1 fully saturated rings. The predicted molar refractivity (Wildman–Crippen MR) is 111 cm³/mol. The SMILES string of the molecule is CCOC(=O)c1ccc(CNC(=NC)NCC2CCCS2)cc1.I. The van der Waals surface area contributed by atoms with Crippen LogP contribution >= 0.6 is 35.7 Å². The molecule has 1 saturated heterocycles. The van der Waals surface area contributed by atoms with Gasteiger partial charge in [-0.05, 0) is 43.2 Å². The van der Waals surface area contributed by atoms with Gasteiger partial charge in [0.25, 0.3) is 0 Å². The first-order valence-electron chi connectivity index (χ1n) is 8.05. The predicted octanol–water partition coefficient (Wildman–Crippen LogP) is 3.04. The van der Waals surface area contributed by atoms with Crippen molar-refractivity contribution in [3.05, 3.63) is 35.4 Å². The first kappa shape index (κ1) is 21.1. The van der Waals surface area contributed by atoms with Crippen LogP contribution in [0.15, 0.2) is 29.3 Å². The summed E-state index contributed by atoms with van der Waals surface area (Å²) in [6, 6.07) is 7.44. The second kappa shape index (κ2) is 11.6. The Morgan fingerprint density at radius 3 is 2.67 bits per heavy atom. The molecule has 2 rings (SSSR count). The lowest BCUT2D eigenvalue weighted by Gasteiger charge is -2.15. The number of hydrogen-bond donors (Lipinski definition) is 2. The fourth-order valence-corrected chi connectivity index (χ4v) is 3.60. The van der Waals surface area contributed by atoms with Crippen LogP contribution in [-0.4, -0.2) is 43.1 Å². The molecular weight excluding hydrogens is 437 g/mol. The van der Waals surface area contributed by atoms with Gasteiger partial charge in [-0.1, -0.05) is 12.1 Å². The van der Waals surface area contributed by atoms with E-state index in [0.29, 0.717) is 24.0 Å². The van der Waals surface area contributed by atoms with Gasteiger partial charge >= 0.3 is 5.97 Å². The van der Waals surface area contributed by atoms with Crippen LogP contribution in [0.25, 0.3) is 0 Å². The van der Waals surface area contributed by atoms with E-state index < -0.39 is 0 Å². The standard InChI is InChI=1S/C17H25N3O2S.HI/c1-3-22-16(21)14-8-6-13(7-9-14)11-19-17(18-2)20-12-15-5-4-10-23-15;/h6-9,15H,3-5,10-12H2,1-2H3,(H2,18,19,20);1H.